The lowest BCUT2D eigenvalue weighted by atomic mass is 10.1. The fourth-order valence-corrected chi connectivity index (χ4v) is 2.45. The maximum atomic E-state index is 13.4. The third-order valence-corrected chi connectivity index (χ3v) is 3.53. The van der Waals surface area contributed by atoms with E-state index in [-0.39, 0.29) is 5.82 Å². The molecule has 3 nitrogen and oxygen atoms in total. The second-order valence-corrected chi connectivity index (χ2v) is 5.09. The molecule has 5 heteroatoms. The highest BCUT2D eigenvalue weighted by Crippen LogP contribution is 2.26. The van der Waals surface area contributed by atoms with Crippen molar-refractivity contribution in [2.45, 2.75) is 13.5 Å². The van der Waals surface area contributed by atoms with Crippen molar-refractivity contribution in [1.29, 1.82) is 0 Å². The van der Waals surface area contributed by atoms with E-state index in [1.54, 1.807) is 31.3 Å². The second kappa shape index (κ2) is 4.89. The molecule has 0 saturated carbocycles. The highest BCUT2D eigenvalue weighted by atomic mass is 35.5. The Morgan fingerprint density at radius 1 is 1.30 bits per heavy atom. The monoisotopic (exact) mass is 289 g/mol. The van der Waals surface area contributed by atoms with Crippen LogP contribution in [0.25, 0.3) is 16.9 Å². The Labute approximate surface area is 120 Å². The molecule has 2 aromatic heterocycles. The zero-order chi connectivity index (χ0) is 14.3. The molecule has 102 valence electrons. The number of hydrogen-bond acceptors (Lipinski definition) is 2. The molecule has 0 unspecified atom stereocenters. The average Bonchev–Trinajstić information content (AvgIpc) is 2.79. The molecule has 0 radical (unpaired) electrons. The maximum absolute atomic E-state index is 13.4. The molecule has 1 aromatic carbocycles. The predicted molar refractivity (Wildman–Crippen MR) is 78.2 cm³/mol. The molecule has 20 heavy (non-hydrogen) atoms. The Morgan fingerprint density at radius 3 is 2.80 bits per heavy atom. The number of hydrogen-bond donors (Lipinski definition) is 1. The van der Waals surface area contributed by atoms with E-state index in [1.165, 1.54) is 6.07 Å². The van der Waals surface area contributed by atoms with E-state index < -0.39 is 0 Å². The summed E-state index contributed by atoms with van der Waals surface area (Å²) < 4.78 is 15.3. The lowest BCUT2D eigenvalue weighted by Gasteiger charge is -2.04. The van der Waals surface area contributed by atoms with Gasteiger partial charge in [-0.25, -0.2) is 9.37 Å². The molecule has 0 aliphatic heterocycles. The van der Waals surface area contributed by atoms with Crippen molar-refractivity contribution in [1.82, 2.24) is 9.38 Å². The first kappa shape index (κ1) is 13.1. The Kier molecular flexibility index (Phi) is 3.20. The zero-order valence-electron chi connectivity index (χ0n) is 10.9. The molecule has 0 fully saturated rings. The molecule has 0 amide bonds. The first-order chi connectivity index (χ1) is 9.60. The minimum atomic E-state index is -0.227. The van der Waals surface area contributed by atoms with Crippen LogP contribution < -0.4 is 5.73 Å². The van der Waals surface area contributed by atoms with Gasteiger partial charge in [0.05, 0.1) is 16.4 Å². The van der Waals surface area contributed by atoms with Crippen LogP contribution in [0.4, 0.5) is 4.39 Å². The SMILES string of the molecule is Cc1cc(-c2nc3ccc(Cl)cn3c2CN)ccc1F. The van der Waals surface area contributed by atoms with Crippen LogP contribution in [0.5, 0.6) is 0 Å². The molecule has 0 aliphatic rings. The van der Waals surface area contributed by atoms with E-state index in [1.807, 2.05) is 10.5 Å². The van der Waals surface area contributed by atoms with Gasteiger partial charge in [-0.3, -0.25) is 0 Å². The van der Waals surface area contributed by atoms with E-state index in [0.29, 0.717) is 17.1 Å². The summed E-state index contributed by atoms with van der Waals surface area (Å²) in [7, 11) is 0. The minimum Gasteiger partial charge on any atom is -0.325 e. The molecule has 2 heterocycles. The number of pyridine rings is 1. The van der Waals surface area contributed by atoms with Crippen molar-refractivity contribution in [3.63, 3.8) is 0 Å². The molecular weight excluding hydrogens is 277 g/mol. The van der Waals surface area contributed by atoms with Crippen LogP contribution in [0.2, 0.25) is 5.02 Å². The smallest absolute Gasteiger partial charge is 0.137 e. The number of aromatic nitrogens is 2. The Balaban J connectivity index is 2.27. The van der Waals surface area contributed by atoms with E-state index >= 15 is 0 Å². The Bertz CT molecular complexity index is 795. The van der Waals surface area contributed by atoms with Gasteiger partial charge in [0, 0.05) is 18.3 Å². The van der Waals surface area contributed by atoms with Crippen LogP contribution in [0.15, 0.2) is 36.5 Å². The van der Waals surface area contributed by atoms with E-state index in [4.69, 9.17) is 17.3 Å². The number of fused-ring (bicyclic) bond motifs is 1. The van der Waals surface area contributed by atoms with E-state index in [0.717, 1.165) is 22.6 Å². The van der Waals surface area contributed by atoms with Crippen LogP contribution in [0, 0.1) is 12.7 Å². The van der Waals surface area contributed by atoms with Gasteiger partial charge in [0.2, 0.25) is 0 Å². The van der Waals surface area contributed by atoms with Crippen LogP contribution >= 0.6 is 11.6 Å². The fraction of sp³-hybridized carbons (Fsp3) is 0.133. The highest BCUT2D eigenvalue weighted by molar-refractivity contribution is 6.30. The lowest BCUT2D eigenvalue weighted by molar-refractivity contribution is 0.618. The number of nitrogens with zero attached hydrogens (tertiary/aromatic N) is 2. The first-order valence-electron chi connectivity index (χ1n) is 6.23. The van der Waals surface area contributed by atoms with Crippen LogP contribution in [-0.4, -0.2) is 9.38 Å². The summed E-state index contributed by atoms with van der Waals surface area (Å²) in [5, 5.41) is 0.617. The highest BCUT2D eigenvalue weighted by Gasteiger charge is 2.13. The summed E-state index contributed by atoms with van der Waals surface area (Å²) in [4.78, 5) is 4.57. The van der Waals surface area contributed by atoms with Gasteiger partial charge in [-0.1, -0.05) is 11.6 Å². The summed E-state index contributed by atoms with van der Waals surface area (Å²) in [6.07, 6.45) is 1.78. The molecule has 0 bridgehead atoms. The van der Waals surface area contributed by atoms with Gasteiger partial charge in [-0.15, -0.1) is 0 Å². The summed E-state index contributed by atoms with van der Waals surface area (Å²) in [5.41, 5.74) is 9.66. The normalized spacial score (nSPS) is 11.2. The largest absolute Gasteiger partial charge is 0.325 e. The van der Waals surface area contributed by atoms with Crippen molar-refractivity contribution in [2.75, 3.05) is 0 Å². The number of nitrogens with two attached hydrogens (primary N) is 1. The zero-order valence-corrected chi connectivity index (χ0v) is 11.7. The Hall–Kier alpha value is -1.91. The van der Waals surface area contributed by atoms with Crippen molar-refractivity contribution in [3.05, 3.63) is 58.6 Å². The van der Waals surface area contributed by atoms with Gasteiger partial charge in [-0.05, 0) is 42.8 Å². The van der Waals surface area contributed by atoms with Gasteiger partial charge in [0.1, 0.15) is 11.5 Å². The van der Waals surface area contributed by atoms with Gasteiger partial charge < -0.3 is 10.1 Å². The van der Waals surface area contributed by atoms with Crippen LogP contribution in [0.1, 0.15) is 11.3 Å². The fourth-order valence-electron chi connectivity index (χ4n) is 2.29. The van der Waals surface area contributed by atoms with Crippen molar-refractivity contribution < 1.29 is 4.39 Å². The topological polar surface area (TPSA) is 43.3 Å². The summed E-state index contributed by atoms with van der Waals surface area (Å²) >= 11 is 6.01. The third-order valence-electron chi connectivity index (χ3n) is 3.31. The second-order valence-electron chi connectivity index (χ2n) is 4.65. The molecule has 0 aliphatic carbocycles. The minimum absolute atomic E-state index is 0.227. The molecule has 0 atom stereocenters. The summed E-state index contributed by atoms with van der Waals surface area (Å²) in [5.74, 6) is -0.227. The number of aryl methyl sites for hydroxylation is 1. The molecular formula is C15H13ClFN3. The van der Waals surface area contributed by atoms with Gasteiger partial charge in [0.15, 0.2) is 0 Å². The van der Waals surface area contributed by atoms with Crippen molar-refractivity contribution >= 4 is 17.2 Å². The first-order valence-corrected chi connectivity index (χ1v) is 6.61. The molecule has 2 N–H and O–H groups in total. The standard InChI is InChI=1S/C15H13ClFN3/c1-9-6-10(2-4-12(9)17)15-13(7-18)20-8-11(16)3-5-14(20)19-15/h2-6,8H,7,18H2,1H3. The van der Waals surface area contributed by atoms with E-state index in [9.17, 15) is 4.39 Å². The van der Waals surface area contributed by atoms with Gasteiger partial charge in [0.25, 0.3) is 0 Å². The summed E-state index contributed by atoms with van der Waals surface area (Å²) in [6.45, 7) is 2.06. The molecule has 0 spiro atoms. The predicted octanol–water partition coefficient (Wildman–Crippen LogP) is 3.56. The summed E-state index contributed by atoms with van der Waals surface area (Å²) in [6, 6.07) is 8.55. The van der Waals surface area contributed by atoms with Gasteiger partial charge in [-0.2, -0.15) is 0 Å². The van der Waals surface area contributed by atoms with Crippen molar-refractivity contribution in [2.24, 2.45) is 5.73 Å². The number of imidazole rings is 1. The number of halogens is 2. The third kappa shape index (κ3) is 2.07. The van der Waals surface area contributed by atoms with Crippen molar-refractivity contribution in [3.8, 4) is 11.3 Å². The van der Waals surface area contributed by atoms with Crippen LogP contribution in [-0.2, 0) is 6.54 Å². The van der Waals surface area contributed by atoms with Crippen LogP contribution in [0.3, 0.4) is 0 Å². The van der Waals surface area contributed by atoms with Gasteiger partial charge >= 0.3 is 0 Å². The number of benzene rings is 1. The lowest BCUT2D eigenvalue weighted by Crippen LogP contribution is -2.02. The quantitative estimate of drug-likeness (QED) is 0.784. The molecule has 3 aromatic rings. The molecule has 0 saturated heterocycles. The molecule has 3 rings (SSSR count). The number of rotatable bonds is 2. The van der Waals surface area contributed by atoms with E-state index in [2.05, 4.69) is 4.98 Å². The Morgan fingerprint density at radius 2 is 2.10 bits per heavy atom. The maximum Gasteiger partial charge on any atom is 0.137 e. The average molecular weight is 290 g/mol.